The minimum absolute atomic E-state index is 0.0546. The van der Waals surface area contributed by atoms with Gasteiger partial charge in [-0.25, -0.2) is 0 Å². The van der Waals surface area contributed by atoms with Crippen molar-refractivity contribution in [3.8, 4) is 0 Å². The fourth-order valence-electron chi connectivity index (χ4n) is 1.43. The van der Waals surface area contributed by atoms with Crippen molar-refractivity contribution < 1.29 is 4.79 Å². The van der Waals surface area contributed by atoms with Crippen LogP contribution in [0.4, 0.5) is 5.69 Å². The summed E-state index contributed by atoms with van der Waals surface area (Å²) in [5, 5.41) is 0. The molecule has 2 rings (SSSR count). The molecule has 62 valence electrons. The number of amides is 1. The van der Waals surface area contributed by atoms with Gasteiger partial charge < -0.3 is 0 Å². The summed E-state index contributed by atoms with van der Waals surface area (Å²) in [4.78, 5) is 11.2. The number of nitrogens with zero attached hydrogens (tertiary/aromatic N) is 1. The Balaban J connectivity index is 2.54. The number of fused-ring (bicyclic) bond motifs is 1. The first kappa shape index (κ1) is 7.68. The van der Waals surface area contributed by atoms with E-state index >= 15 is 0 Å². The SMILES string of the molecule is Cc1ccc2c(c1)CC(=O)N2S. The Hall–Kier alpha value is -0.960. The van der Waals surface area contributed by atoms with E-state index in [1.54, 1.807) is 0 Å². The van der Waals surface area contributed by atoms with Crippen LogP contribution in [-0.4, -0.2) is 5.91 Å². The lowest BCUT2D eigenvalue weighted by Gasteiger charge is -2.07. The number of carbonyl (C=O) groups is 1. The highest BCUT2D eigenvalue weighted by Gasteiger charge is 2.24. The Kier molecular flexibility index (Phi) is 1.61. The van der Waals surface area contributed by atoms with Gasteiger partial charge in [0, 0.05) is 0 Å². The predicted octanol–water partition coefficient (Wildman–Crippen LogP) is 1.73. The van der Waals surface area contributed by atoms with Crippen LogP contribution in [0, 0.1) is 6.92 Å². The van der Waals surface area contributed by atoms with Crippen molar-refractivity contribution in [1.82, 2.24) is 0 Å². The standard InChI is InChI=1S/C9H9NOS/c1-6-2-3-8-7(4-6)5-9(11)10(8)12/h2-4,12H,5H2,1H3. The molecule has 0 aliphatic carbocycles. The first-order valence-electron chi connectivity index (χ1n) is 3.80. The van der Waals surface area contributed by atoms with E-state index in [9.17, 15) is 4.79 Å². The van der Waals surface area contributed by atoms with E-state index in [4.69, 9.17) is 0 Å². The lowest BCUT2D eigenvalue weighted by molar-refractivity contribution is -0.116. The molecule has 1 aromatic carbocycles. The zero-order valence-electron chi connectivity index (χ0n) is 6.74. The Labute approximate surface area is 76.7 Å². The van der Waals surface area contributed by atoms with Crippen molar-refractivity contribution in [2.75, 3.05) is 4.31 Å². The van der Waals surface area contributed by atoms with Gasteiger partial charge in [0.25, 0.3) is 0 Å². The third kappa shape index (κ3) is 1.01. The molecule has 0 spiro atoms. The average molecular weight is 179 g/mol. The molecule has 1 aromatic rings. The maximum Gasteiger partial charge on any atom is 0.241 e. The molecule has 1 amide bonds. The van der Waals surface area contributed by atoms with E-state index in [0.29, 0.717) is 6.42 Å². The van der Waals surface area contributed by atoms with Gasteiger partial charge in [-0.1, -0.05) is 30.5 Å². The van der Waals surface area contributed by atoms with Crippen LogP contribution in [0.5, 0.6) is 0 Å². The van der Waals surface area contributed by atoms with E-state index in [-0.39, 0.29) is 5.91 Å². The Morgan fingerprint density at radius 2 is 2.25 bits per heavy atom. The van der Waals surface area contributed by atoms with Crippen molar-refractivity contribution in [3.63, 3.8) is 0 Å². The Morgan fingerprint density at radius 1 is 1.50 bits per heavy atom. The molecule has 0 aromatic heterocycles. The largest absolute Gasteiger partial charge is 0.273 e. The summed E-state index contributed by atoms with van der Waals surface area (Å²) in [6.07, 6.45) is 0.487. The summed E-state index contributed by atoms with van der Waals surface area (Å²) in [7, 11) is 0. The quantitative estimate of drug-likeness (QED) is 0.601. The smallest absolute Gasteiger partial charge is 0.241 e. The van der Waals surface area contributed by atoms with Crippen LogP contribution in [-0.2, 0) is 11.2 Å². The molecule has 0 saturated carbocycles. The monoisotopic (exact) mass is 179 g/mol. The van der Waals surface area contributed by atoms with Crippen LogP contribution in [0.3, 0.4) is 0 Å². The Bertz CT molecular complexity index is 348. The van der Waals surface area contributed by atoms with Crippen LogP contribution >= 0.6 is 12.8 Å². The second-order valence-electron chi connectivity index (χ2n) is 3.01. The van der Waals surface area contributed by atoms with Crippen molar-refractivity contribution in [1.29, 1.82) is 0 Å². The van der Waals surface area contributed by atoms with Gasteiger partial charge in [-0.2, -0.15) is 0 Å². The van der Waals surface area contributed by atoms with Gasteiger partial charge in [0.05, 0.1) is 12.1 Å². The van der Waals surface area contributed by atoms with E-state index in [0.717, 1.165) is 11.3 Å². The number of rotatable bonds is 0. The second-order valence-corrected chi connectivity index (χ2v) is 3.41. The van der Waals surface area contributed by atoms with Crippen molar-refractivity contribution in [3.05, 3.63) is 29.3 Å². The van der Waals surface area contributed by atoms with Crippen molar-refractivity contribution in [2.24, 2.45) is 0 Å². The first-order chi connectivity index (χ1) is 5.68. The van der Waals surface area contributed by atoms with Crippen molar-refractivity contribution in [2.45, 2.75) is 13.3 Å². The minimum Gasteiger partial charge on any atom is -0.273 e. The summed E-state index contributed by atoms with van der Waals surface area (Å²) in [5.41, 5.74) is 3.19. The maximum atomic E-state index is 11.2. The molecule has 1 heterocycles. The van der Waals surface area contributed by atoms with Gasteiger partial charge in [-0.15, -0.1) is 0 Å². The number of benzene rings is 1. The third-order valence-electron chi connectivity index (χ3n) is 2.04. The topological polar surface area (TPSA) is 20.3 Å². The fraction of sp³-hybridized carbons (Fsp3) is 0.222. The molecule has 0 N–H and O–H groups in total. The number of carbonyl (C=O) groups excluding carboxylic acids is 1. The molecule has 0 saturated heterocycles. The zero-order valence-corrected chi connectivity index (χ0v) is 7.64. The van der Waals surface area contributed by atoms with Gasteiger partial charge in [-0.3, -0.25) is 9.10 Å². The number of hydrogen-bond donors (Lipinski definition) is 1. The lowest BCUT2D eigenvalue weighted by Crippen LogP contribution is -2.14. The molecule has 3 heteroatoms. The molecule has 0 bridgehead atoms. The van der Waals surface area contributed by atoms with Crippen LogP contribution in [0.15, 0.2) is 18.2 Å². The van der Waals surface area contributed by atoms with Crippen LogP contribution in [0.1, 0.15) is 11.1 Å². The molecule has 12 heavy (non-hydrogen) atoms. The fourth-order valence-corrected chi connectivity index (χ4v) is 1.70. The van der Waals surface area contributed by atoms with Gasteiger partial charge in [-0.05, 0) is 18.6 Å². The molecular formula is C9H9NOS. The molecule has 0 radical (unpaired) electrons. The van der Waals surface area contributed by atoms with E-state index in [1.807, 2.05) is 25.1 Å². The molecule has 2 nitrogen and oxygen atoms in total. The molecule has 0 atom stereocenters. The van der Waals surface area contributed by atoms with Gasteiger partial charge in [0.2, 0.25) is 5.91 Å². The maximum absolute atomic E-state index is 11.2. The molecule has 0 fully saturated rings. The number of thiol groups is 1. The zero-order chi connectivity index (χ0) is 8.72. The number of hydrogen-bond acceptors (Lipinski definition) is 2. The highest BCUT2D eigenvalue weighted by molar-refractivity contribution is 7.82. The Morgan fingerprint density at radius 3 is 3.00 bits per heavy atom. The molecule has 1 aliphatic heterocycles. The average Bonchev–Trinajstić information content (AvgIpc) is 2.28. The normalized spacial score (nSPS) is 15.2. The summed E-state index contributed by atoms with van der Waals surface area (Å²) in [6.45, 7) is 2.02. The lowest BCUT2D eigenvalue weighted by atomic mass is 10.1. The third-order valence-corrected chi connectivity index (χ3v) is 2.48. The van der Waals surface area contributed by atoms with Gasteiger partial charge in [0.1, 0.15) is 0 Å². The summed E-state index contributed by atoms with van der Waals surface area (Å²) >= 11 is 4.08. The minimum atomic E-state index is 0.0546. The number of anilines is 1. The first-order valence-corrected chi connectivity index (χ1v) is 4.20. The van der Waals surface area contributed by atoms with Crippen LogP contribution < -0.4 is 4.31 Å². The second kappa shape index (κ2) is 2.52. The summed E-state index contributed by atoms with van der Waals surface area (Å²) < 4.78 is 1.41. The van der Waals surface area contributed by atoms with Gasteiger partial charge in [0.15, 0.2) is 0 Å². The molecular weight excluding hydrogens is 170 g/mol. The van der Waals surface area contributed by atoms with Crippen molar-refractivity contribution >= 4 is 24.4 Å². The summed E-state index contributed by atoms with van der Waals surface area (Å²) in [5.74, 6) is 0.0546. The van der Waals surface area contributed by atoms with E-state index < -0.39 is 0 Å². The molecule has 1 aliphatic rings. The summed E-state index contributed by atoms with van der Waals surface area (Å²) in [6, 6.07) is 5.95. The highest BCUT2D eigenvalue weighted by Crippen LogP contribution is 2.30. The molecule has 0 unspecified atom stereocenters. The van der Waals surface area contributed by atoms with Crippen LogP contribution in [0.2, 0.25) is 0 Å². The predicted molar refractivity (Wildman–Crippen MR) is 51.4 cm³/mol. The van der Waals surface area contributed by atoms with Gasteiger partial charge >= 0.3 is 0 Å². The van der Waals surface area contributed by atoms with Crippen LogP contribution in [0.25, 0.3) is 0 Å². The number of aryl methyl sites for hydroxylation is 1. The van der Waals surface area contributed by atoms with E-state index in [2.05, 4.69) is 12.8 Å². The highest BCUT2D eigenvalue weighted by atomic mass is 32.1. The van der Waals surface area contributed by atoms with E-state index in [1.165, 1.54) is 9.87 Å².